The van der Waals surface area contributed by atoms with Gasteiger partial charge in [-0.3, -0.25) is 77.3 Å². The Hall–Kier alpha value is -13.5. The summed E-state index contributed by atoms with van der Waals surface area (Å²) in [5, 5.41) is 60.5. The van der Waals surface area contributed by atoms with E-state index in [1.54, 1.807) is 6.07 Å². The second-order valence-electron chi connectivity index (χ2n) is 30.2. The van der Waals surface area contributed by atoms with Gasteiger partial charge in [-0.05, 0) is 120 Å². The maximum absolute atomic E-state index is 13.8. The lowest BCUT2D eigenvalue weighted by Gasteiger charge is -2.20. The third-order valence-corrected chi connectivity index (χ3v) is 21.7. The second kappa shape index (κ2) is 51.1. The van der Waals surface area contributed by atoms with Crippen molar-refractivity contribution in [3.63, 3.8) is 0 Å². The molecule has 5 aliphatic rings. The van der Waals surface area contributed by atoms with Crippen molar-refractivity contribution in [1.29, 1.82) is 0 Å². The lowest BCUT2D eigenvalue weighted by Crippen LogP contribution is -2.51. The van der Waals surface area contributed by atoms with Gasteiger partial charge in [0.15, 0.2) is 11.5 Å². The first-order valence-electron chi connectivity index (χ1n) is 41.4. The molecule has 0 saturated carbocycles. The Kier molecular flexibility index (Phi) is 40.5. The molecule has 0 bridgehead atoms. The molecule has 16 amide bonds. The largest absolute Gasteiger partial charge is 0.545 e. The Bertz CT molecular complexity index is 4880. The summed E-state index contributed by atoms with van der Waals surface area (Å²) in [4.78, 5) is 212. The van der Waals surface area contributed by atoms with Crippen molar-refractivity contribution in [2.75, 3.05) is 125 Å². The van der Waals surface area contributed by atoms with Crippen LogP contribution in [0.5, 0.6) is 11.5 Å². The number of rotatable bonds is 50. The third-order valence-electron chi connectivity index (χ3n) is 20.2. The number of benzene rings is 4. The predicted octanol–water partition coefficient (Wildman–Crippen LogP) is -0.000900. The zero-order valence-electron chi connectivity index (χ0n) is 72.1. The van der Waals surface area contributed by atoms with Gasteiger partial charge < -0.3 is 113 Å². The van der Waals surface area contributed by atoms with Gasteiger partial charge in [0.1, 0.15) is 44.3 Å². The number of hydrogen-bond donors (Lipinski definition) is 14. The number of unbranched alkanes of at least 4 members (excludes halogenated alkanes) is 3. The molecule has 2 fully saturated rings. The number of carbonyl (C=O) groups excluding carboxylic acids is 16. The number of nitro groups is 1. The first-order chi connectivity index (χ1) is 60.7. The minimum Gasteiger partial charge on any atom is -0.545 e. The maximum atomic E-state index is 13.8. The number of ether oxygens (including phenoxy) is 4. The molecule has 127 heavy (non-hydrogen) atoms. The number of anilines is 1. The first kappa shape index (κ1) is 101. The normalized spacial score (nSPS) is 14.8. The number of nitrogens with two attached hydrogens (primary N) is 1. The van der Waals surface area contributed by atoms with E-state index >= 15 is 0 Å². The number of aromatic carboxylic acids is 1. The van der Waals surface area contributed by atoms with Gasteiger partial charge in [0, 0.05) is 129 Å². The van der Waals surface area contributed by atoms with E-state index in [1.165, 1.54) is 39.3 Å². The summed E-state index contributed by atoms with van der Waals surface area (Å²) < 4.78 is 29.2. The van der Waals surface area contributed by atoms with E-state index < -0.39 is 125 Å². The van der Waals surface area contributed by atoms with Gasteiger partial charge in [-0.1, -0.05) is 19.4 Å². The number of amides is 16. The van der Waals surface area contributed by atoms with Crippen molar-refractivity contribution in [1.82, 2.24) is 78.6 Å². The van der Waals surface area contributed by atoms with E-state index in [4.69, 9.17) is 29.1 Å². The van der Waals surface area contributed by atoms with Crippen molar-refractivity contribution >= 4 is 129 Å². The van der Waals surface area contributed by atoms with Gasteiger partial charge in [-0.15, -0.1) is 0 Å². The molecule has 15 N–H and O–H groups in total. The Morgan fingerprint density at radius 2 is 1.26 bits per heavy atom. The topological polar surface area (TPSA) is 581 Å². The van der Waals surface area contributed by atoms with Crippen molar-refractivity contribution in [2.45, 2.75) is 146 Å². The molecule has 43 heteroatoms. The summed E-state index contributed by atoms with van der Waals surface area (Å²) in [5.41, 5.74) is 7.14. The number of hydrogen-bond acceptors (Lipinski definition) is 26. The molecule has 1 aliphatic carbocycles. The van der Waals surface area contributed by atoms with Crippen LogP contribution in [-0.2, 0) is 67.0 Å². The number of carboxylic acids is 1. The Labute approximate surface area is 736 Å². The lowest BCUT2D eigenvalue weighted by molar-refractivity contribution is -0.385. The summed E-state index contributed by atoms with van der Waals surface area (Å²) in [6.07, 6.45) is 7.27. The highest BCUT2D eigenvalue weighted by molar-refractivity contribution is 8.00. The number of methoxy groups -OCH3 is 2. The zero-order chi connectivity index (χ0) is 92.8. The van der Waals surface area contributed by atoms with Crippen LogP contribution in [0.2, 0.25) is 0 Å². The Morgan fingerprint density at radius 3 is 1.91 bits per heavy atom. The number of alkyl carbamates (subject to hydrolysis) is 1. The van der Waals surface area contributed by atoms with E-state index in [2.05, 4.69) is 69.1 Å². The molecule has 0 aromatic heterocycles. The lowest BCUT2D eigenvalue weighted by atomic mass is 9.89. The van der Waals surface area contributed by atoms with E-state index in [0.29, 0.717) is 65.3 Å². The summed E-state index contributed by atoms with van der Waals surface area (Å²) in [6.45, 7) is 1.43. The summed E-state index contributed by atoms with van der Waals surface area (Å²) in [7, 11) is 10.3. The number of carbonyl (C=O) groups is 16. The Balaban J connectivity index is 0.000000472. The molecule has 6 unspecified atom stereocenters. The van der Waals surface area contributed by atoms with Crippen LogP contribution in [0.3, 0.4) is 0 Å². The quantitative estimate of drug-likeness (QED) is 0.00356. The summed E-state index contributed by atoms with van der Waals surface area (Å²) in [6, 6.07) is 14.8. The van der Waals surface area contributed by atoms with Crippen molar-refractivity contribution in [3.8, 4) is 33.9 Å². The van der Waals surface area contributed by atoms with Gasteiger partial charge in [0.25, 0.3) is 23.4 Å². The number of imide groups is 1. The van der Waals surface area contributed by atoms with Crippen molar-refractivity contribution in [3.05, 3.63) is 111 Å². The number of thioether (sulfide) groups is 1. The average molecular weight is 1790 g/mol. The molecule has 0 radical (unpaired) electrons. The van der Waals surface area contributed by atoms with Crippen LogP contribution in [0.4, 0.5) is 21.0 Å². The summed E-state index contributed by atoms with van der Waals surface area (Å²) in [5.74, 6) is -7.61. The number of fused-ring (bicyclic) bond motifs is 3. The van der Waals surface area contributed by atoms with Gasteiger partial charge >= 0.3 is 12.1 Å². The number of nitrogens with zero attached hydrogens (tertiary/aromatic N) is 4. The Morgan fingerprint density at radius 1 is 0.646 bits per heavy atom. The van der Waals surface area contributed by atoms with E-state index in [-0.39, 0.29) is 161 Å². The fourth-order valence-electron chi connectivity index (χ4n) is 13.5. The minimum absolute atomic E-state index is 0.00600. The molecule has 2 saturated heterocycles. The van der Waals surface area contributed by atoms with Crippen LogP contribution in [-0.4, -0.2) is 255 Å². The predicted molar refractivity (Wildman–Crippen MR) is 462 cm³/mol. The highest BCUT2D eigenvalue weighted by Gasteiger charge is 2.43. The fraction of sp³-hybridized carbons (Fsp3) is 0.488. The van der Waals surface area contributed by atoms with E-state index in [1.807, 2.05) is 92.7 Å². The van der Waals surface area contributed by atoms with Gasteiger partial charge in [-0.2, -0.15) is 11.8 Å². The molecule has 688 valence electrons. The number of carboxylic acid groups (broad SMARTS) is 1. The number of nitrogens with one attached hydrogen (secondary N) is 13. The van der Waals surface area contributed by atoms with Crippen LogP contribution in [0.25, 0.3) is 33.4 Å². The fourth-order valence-corrected chi connectivity index (χ4v) is 15.1. The zero-order valence-corrected chi connectivity index (χ0v) is 73.0. The number of nitro benzene ring substituents is 1. The molecule has 3 aromatic rings. The van der Waals surface area contributed by atoms with Crippen molar-refractivity contribution < 1.29 is 110 Å². The average Bonchev–Trinajstić information content (AvgIpc) is 1.23. The van der Waals surface area contributed by atoms with Crippen LogP contribution < -0.4 is 104 Å². The maximum Gasteiger partial charge on any atom is 0.407 e. The number of primary amides is 1. The third kappa shape index (κ3) is 32.2. The SMILES string of the molecule is CCCOC(=O)NC(CCCCNC(=O)CCCCC1SCC2NC(=O)NC21)C(=O)NCC(=O)NCC(N)=O.COCNC(=O)CCCOc1cc([N+](=O)[O-])c(C(C)NC(=O)CNC(=O)C(CCCCNC(=O)c2ccc(-c3c4ccc(=[N+](C)C)cc-4oc4cc(N(C)C)ccc34)c(C(=O)[O-])c2)NC(=O)CNC(=O)CNC(=O)CCCN2C(=O)C=CC2=O)cc1OC. The molecule has 8 rings (SSSR count). The van der Waals surface area contributed by atoms with Crippen LogP contribution >= 0.6 is 11.8 Å². The minimum atomic E-state index is -1.53. The van der Waals surface area contributed by atoms with Gasteiger partial charge in [-0.25, -0.2) is 14.2 Å². The van der Waals surface area contributed by atoms with Gasteiger partial charge in [0.2, 0.25) is 64.4 Å². The summed E-state index contributed by atoms with van der Waals surface area (Å²) >= 11 is 1.86. The molecule has 42 nitrogen and oxygen atoms in total. The molecule has 3 aromatic carbocycles. The molecular weight excluding hydrogens is 1680 g/mol. The first-order valence-corrected chi connectivity index (χ1v) is 42.5. The molecular formula is C84H112N18O24S. The van der Waals surface area contributed by atoms with E-state index in [0.717, 1.165) is 59.2 Å². The molecule has 4 heterocycles. The van der Waals surface area contributed by atoms with E-state index in [9.17, 15) is 91.9 Å². The van der Waals surface area contributed by atoms with Crippen molar-refractivity contribution in [2.24, 2.45) is 5.73 Å². The van der Waals surface area contributed by atoms with Crippen LogP contribution in [0, 0.1) is 10.1 Å². The highest BCUT2D eigenvalue weighted by Crippen LogP contribution is 2.43. The second-order valence-corrected chi connectivity index (χ2v) is 31.5. The highest BCUT2D eigenvalue weighted by atomic mass is 32.2. The van der Waals surface area contributed by atoms with Crippen LogP contribution in [0.1, 0.15) is 142 Å². The smallest absolute Gasteiger partial charge is 0.407 e. The monoisotopic (exact) mass is 1790 g/mol. The molecule has 6 atom stereocenters. The molecule has 4 aliphatic heterocycles. The standard InChI is InChI=1S/C60H71N11O17.C24H41N7O7S/c1-35(42-29-48(86-7)49(30-45(42)71(83)84)87-25-11-14-51(73)65-34-85-6)66-53(75)33-64-59(80)44(67-54(76)32-63-52(74)31-62-50(72)13-10-24-70-55(77)21-22-56(70)78)12-8-9-23-61-58(79)36-15-18-39(43(26-36)60(81)82)57-40-19-16-37(68(2)3)27-46(40)88-47-28-38(69(4)5)17-20-41(47)57;1-2-11-38-24(37)30-15(22(35)28-13-20(34)27-12-18(25)32)7-5-6-10-26-19(33)9-4-3-8-17-21-16(14-39-17)29-23(36)31-21/h15-22,26-30,35,44H,8-14,23-25,31-34H2,1-7H3,(H7-,61,62,63,64,65,66,67,72,73,74,75,76,79,80,81,82);15-17,21H,2-14H2,1H3,(H2,25,32)(H,26,33)(H,27,34)(H,28,35)(H,30,37)(H2,29,31,36). The molecule has 0 spiro atoms. The van der Waals surface area contributed by atoms with Crippen LogP contribution in [0.15, 0.2) is 83.3 Å². The van der Waals surface area contributed by atoms with Gasteiger partial charge in [0.05, 0.1) is 99.8 Å². The number of urea groups is 1.